The van der Waals surface area contributed by atoms with Crippen molar-refractivity contribution in [3.8, 4) is 17.2 Å². The molecule has 1 N–H and O–H groups in total. The number of rotatable bonds is 8. The molecule has 1 saturated heterocycles. The Labute approximate surface area is 233 Å². The Hall–Kier alpha value is -4.37. The second-order valence-corrected chi connectivity index (χ2v) is 10.1. The Balaban J connectivity index is 1.56. The molecule has 9 heteroatoms. The summed E-state index contributed by atoms with van der Waals surface area (Å²) in [4.78, 5) is 44.4. The number of nitrogens with one attached hydrogen (secondary N) is 1. The molecule has 0 spiro atoms. The van der Waals surface area contributed by atoms with Gasteiger partial charge in [0.1, 0.15) is 11.2 Å². The van der Waals surface area contributed by atoms with Gasteiger partial charge in [-0.3, -0.25) is 19.8 Å². The van der Waals surface area contributed by atoms with Gasteiger partial charge in [0.05, 0.1) is 27.0 Å². The third kappa shape index (κ3) is 4.77. The topological polar surface area (TPSA) is 97.4 Å². The van der Waals surface area contributed by atoms with E-state index in [-0.39, 0.29) is 19.0 Å². The Bertz CT molecular complexity index is 1420. The standard InChI is InChI=1S/C31H33N3O6/c1-20-25-17-27(40-4)26(39-3)16-22(25)14-15-33(20)19-31(18-21-10-12-24(38-2)13-11-21)28(35)32-30(37)34(29(31)36)23-8-6-5-7-9-23/h5-13,16-17,20H,14-15,18-19H2,1-4H3,(H,32,35,37)/t20-,31+/m1/s1. The number of carbonyl (C=O) groups is 3. The van der Waals surface area contributed by atoms with Crippen LogP contribution in [0.1, 0.15) is 29.7 Å². The third-order valence-electron chi connectivity index (χ3n) is 7.93. The van der Waals surface area contributed by atoms with Crippen LogP contribution in [0.15, 0.2) is 66.7 Å². The van der Waals surface area contributed by atoms with E-state index in [0.29, 0.717) is 35.9 Å². The molecule has 3 aromatic rings. The number of fused-ring (bicyclic) bond motifs is 1. The molecule has 0 saturated carbocycles. The first-order chi connectivity index (χ1) is 19.3. The molecule has 0 aliphatic carbocycles. The van der Waals surface area contributed by atoms with E-state index in [0.717, 1.165) is 21.6 Å². The third-order valence-corrected chi connectivity index (χ3v) is 7.93. The molecule has 2 heterocycles. The van der Waals surface area contributed by atoms with Crippen molar-refractivity contribution in [1.82, 2.24) is 10.2 Å². The Kier molecular flexibility index (Phi) is 7.49. The lowest BCUT2D eigenvalue weighted by molar-refractivity contribution is -0.144. The zero-order valence-corrected chi connectivity index (χ0v) is 23.1. The number of ether oxygens (including phenoxy) is 3. The van der Waals surface area contributed by atoms with Crippen LogP contribution in [0.25, 0.3) is 0 Å². The minimum absolute atomic E-state index is 0.111. The normalized spacial score (nSPS) is 21.1. The van der Waals surface area contributed by atoms with E-state index in [1.807, 2.05) is 30.3 Å². The van der Waals surface area contributed by atoms with Gasteiger partial charge in [0.2, 0.25) is 5.91 Å². The SMILES string of the molecule is COc1ccc(C[C@]2(CN3CCc4cc(OC)c(OC)cc4[C@H]3C)C(=O)NC(=O)N(c3ccccc3)C2=O)cc1. The van der Waals surface area contributed by atoms with Gasteiger partial charge in [0, 0.05) is 19.1 Å². The van der Waals surface area contributed by atoms with Crippen LogP contribution in [0.4, 0.5) is 10.5 Å². The fourth-order valence-corrected chi connectivity index (χ4v) is 5.69. The number of amides is 4. The number of benzene rings is 3. The summed E-state index contributed by atoms with van der Waals surface area (Å²) in [7, 11) is 4.79. The maximum Gasteiger partial charge on any atom is 0.335 e. The average Bonchev–Trinajstić information content (AvgIpc) is 2.97. The number of carbonyl (C=O) groups excluding carboxylic acids is 3. The molecule has 2 atom stereocenters. The number of hydrogen-bond acceptors (Lipinski definition) is 7. The summed E-state index contributed by atoms with van der Waals surface area (Å²) in [5.74, 6) is 0.806. The van der Waals surface area contributed by atoms with Crippen LogP contribution in [0.5, 0.6) is 17.2 Å². The van der Waals surface area contributed by atoms with E-state index in [4.69, 9.17) is 14.2 Å². The molecular formula is C31H33N3O6. The van der Waals surface area contributed by atoms with Crippen LogP contribution >= 0.6 is 0 Å². The molecule has 2 aliphatic heterocycles. The molecule has 0 aromatic heterocycles. The first-order valence-corrected chi connectivity index (χ1v) is 13.2. The maximum absolute atomic E-state index is 14.4. The molecule has 40 heavy (non-hydrogen) atoms. The molecule has 5 rings (SSSR count). The minimum Gasteiger partial charge on any atom is -0.497 e. The average molecular weight is 544 g/mol. The molecule has 3 aromatic carbocycles. The Morgan fingerprint density at radius 1 is 0.900 bits per heavy atom. The second kappa shape index (κ2) is 11.0. The summed E-state index contributed by atoms with van der Waals surface area (Å²) in [6, 6.07) is 19.0. The molecule has 208 valence electrons. The highest BCUT2D eigenvalue weighted by atomic mass is 16.5. The van der Waals surface area contributed by atoms with E-state index in [1.165, 1.54) is 0 Å². The summed E-state index contributed by atoms with van der Waals surface area (Å²) in [5, 5.41) is 2.49. The number of anilines is 1. The van der Waals surface area contributed by atoms with Crippen LogP contribution < -0.4 is 24.4 Å². The van der Waals surface area contributed by atoms with Crippen LogP contribution in [0, 0.1) is 5.41 Å². The van der Waals surface area contributed by atoms with E-state index in [9.17, 15) is 14.4 Å². The summed E-state index contributed by atoms with van der Waals surface area (Å²) in [5.41, 5.74) is 1.81. The molecule has 9 nitrogen and oxygen atoms in total. The van der Waals surface area contributed by atoms with Gasteiger partial charge in [-0.15, -0.1) is 0 Å². The van der Waals surface area contributed by atoms with Crippen LogP contribution in [0.3, 0.4) is 0 Å². The lowest BCUT2D eigenvalue weighted by Crippen LogP contribution is -2.68. The lowest BCUT2D eigenvalue weighted by Gasteiger charge is -2.45. The van der Waals surface area contributed by atoms with E-state index < -0.39 is 23.3 Å². The summed E-state index contributed by atoms with van der Waals surface area (Å²) < 4.78 is 16.3. The second-order valence-electron chi connectivity index (χ2n) is 10.1. The molecule has 0 bridgehead atoms. The largest absolute Gasteiger partial charge is 0.497 e. The van der Waals surface area contributed by atoms with Crippen LogP contribution in [0.2, 0.25) is 0 Å². The van der Waals surface area contributed by atoms with Crippen LogP contribution in [-0.2, 0) is 22.4 Å². The van der Waals surface area contributed by atoms with Crippen molar-refractivity contribution in [2.24, 2.45) is 5.41 Å². The quantitative estimate of drug-likeness (QED) is 0.427. The van der Waals surface area contributed by atoms with Gasteiger partial charge in [0.25, 0.3) is 5.91 Å². The fourth-order valence-electron chi connectivity index (χ4n) is 5.69. The first kappa shape index (κ1) is 27.2. The van der Waals surface area contributed by atoms with Gasteiger partial charge in [0.15, 0.2) is 11.5 Å². The van der Waals surface area contributed by atoms with Gasteiger partial charge in [-0.25, -0.2) is 9.69 Å². The Morgan fingerprint density at radius 3 is 2.23 bits per heavy atom. The molecule has 0 radical (unpaired) electrons. The van der Waals surface area contributed by atoms with Crippen molar-refractivity contribution < 1.29 is 28.6 Å². The van der Waals surface area contributed by atoms with Gasteiger partial charge in [-0.1, -0.05) is 30.3 Å². The van der Waals surface area contributed by atoms with Crippen molar-refractivity contribution >= 4 is 23.5 Å². The predicted molar refractivity (Wildman–Crippen MR) is 150 cm³/mol. The number of nitrogens with zero attached hydrogens (tertiary/aromatic N) is 2. The van der Waals surface area contributed by atoms with E-state index in [1.54, 1.807) is 57.7 Å². The van der Waals surface area contributed by atoms with Crippen molar-refractivity contribution in [2.75, 3.05) is 39.3 Å². The smallest absolute Gasteiger partial charge is 0.335 e. The predicted octanol–water partition coefficient (Wildman–Crippen LogP) is 4.14. The van der Waals surface area contributed by atoms with Gasteiger partial charge >= 0.3 is 6.03 Å². The number of urea groups is 1. The molecule has 4 amide bonds. The number of methoxy groups -OCH3 is 3. The van der Waals surface area contributed by atoms with Gasteiger partial charge in [-0.2, -0.15) is 0 Å². The van der Waals surface area contributed by atoms with Crippen molar-refractivity contribution in [3.63, 3.8) is 0 Å². The van der Waals surface area contributed by atoms with Gasteiger partial charge in [-0.05, 0) is 72.9 Å². The summed E-state index contributed by atoms with van der Waals surface area (Å²) in [6.07, 6.45) is 0.816. The number of imide groups is 2. The highest BCUT2D eigenvalue weighted by molar-refractivity contribution is 6.30. The molecule has 2 aliphatic rings. The number of hydrogen-bond donors (Lipinski definition) is 1. The zero-order valence-electron chi connectivity index (χ0n) is 23.1. The highest BCUT2D eigenvalue weighted by Gasteiger charge is 2.55. The monoisotopic (exact) mass is 543 g/mol. The molecular weight excluding hydrogens is 510 g/mol. The summed E-state index contributed by atoms with van der Waals surface area (Å²) in [6.45, 7) is 2.79. The lowest BCUT2D eigenvalue weighted by atomic mass is 9.76. The van der Waals surface area contributed by atoms with Crippen molar-refractivity contribution in [3.05, 3.63) is 83.4 Å². The molecule has 0 unspecified atom stereocenters. The number of barbiturate groups is 1. The first-order valence-electron chi connectivity index (χ1n) is 13.2. The van der Waals surface area contributed by atoms with Crippen molar-refractivity contribution in [1.29, 1.82) is 0 Å². The highest BCUT2D eigenvalue weighted by Crippen LogP contribution is 2.41. The summed E-state index contributed by atoms with van der Waals surface area (Å²) >= 11 is 0. The van der Waals surface area contributed by atoms with Crippen molar-refractivity contribution in [2.45, 2.75) is 25.8 Å². The zero-order chi connectivity index (χ0) is 28.4. The number of para-hydroxylation sites is 1. The van der Waals surface area contributed by atoms with Gasteiger partial charge < -0.3 is 14.2 Å². The van der Waals surface area contributed by atoms with E-state index >= 15 is 0 Å². The van der Waals surface area contributed by atoms with Crippen LogP contribution in [-0.4, -0.2) is 57.2 Å². The van der Waals surface area contributed by atoms with E-state index in [2.05, 4.69) is 17.1 Å². The maximum atomic E-state index is 14.4. The fraction of sp³-hybridized carbons (Fsp3) is 0.323. The Morgan fingerprint density at radius 2 is 1.57 bits per heavy atom. The molecule has 1 fully saturated rings. The minimum atomic E-state index is -1.55.